The first-order valence-electron chi connectivity index (χ1n) is 12.2. The van der Waals surface area contributed by atoms with Crippen LogP contribution in [0.4, 0.5) is 19.0 Å². The average Bonchev–Trinajstić information content (AvgIpc) is 3.44. The monoisotopic (exact) mass is 479 g/mol. The van der Waals surface area contributed by atoms with Gasteiger partial charge in [-0.1, -0.05) is 0 Å². The van der Waals surface area contributed by atoms with Gasteiger partial charge in [0.25, 0.3) is 0 Å². The van der Waals surface area contributed by atoms with Crippen LogP contribution in [0, 0.1) is 0 Å². The Hall–Kier alpha value is -3.27. The molecular weight excluding hydrogens is 455 g/mol. The molecule has 7 nitrogen and oxygen atoms in total. The highest BCUT2D eigenvalue weighted by Crippen LogP contribution is 2.46. The van der Waals surface area contributed by atoms with E-state index in [1.54, 1.807) is 12.3 Å². The van der Waals surface area contributed by atoms with E-state index in [0.29, 0.717) is 34.8 Å². The van der Waals surface area contributed by atoms with Crippen molar-refractivity contribution in [1.29, 1.82) is 0 Å². The Morgan fingerprint density at radius 3 is 2.77 bits per heavy atom. The third kappa shape index (κ3) is 3.45. The van der Waals surface area contributed by atoms with Gasteiger partial charge in [0.2, 0.25) is 0 Å². The molecule has 6 heterocycles. The summed E-state index contributed by atoms with van der Waals surface area (Å²) in [6, 6.07) is 3.56. The van der Waals surface area contributed by atoms with Crippen LogP contribution in [-0.4, -0.2) is 50.1 Å². The number of nitrogens with one attached hydrogen (secondary N) is 2. The number of hydrogen-bond donors (Lipinski definition) is 2. The third-order valence-corrected chi connectivity index (χ3v) is 7.61. The molecule has 2 atom stereocenters. The highest BCUT2D eigenvalue weighted by Gasteiger charge is 2.39. The fourth-order valence-electron chi connectivity index (χ4n) is 5.81. The van der Waals surface area contributed by atoms with Crippen molar-refractivity contribution < 1.29 is 13.2 Å². The van der Waals surface area contributed by atoms with Gasteiger partial charge in [0, 0.05) is 47.4 Å². The zero-order valence-electron chi connectivity index (χ0n) is 18.9. The van der Waals surface area contributed by atoms with Gasteiger partial charge >= 0.3 is 6.18 Å². The van der Waals surface area contributed by atoms with Gasteiger partial charge in [0.1, 0.15) is 17.2 Å². The second kappa shape index (κ2) is 7.61. The molecule has 0 bridgehead atoms. The maximum atomic E-state index is 13.4. The van der Waals surface area contributed by atoms with Crippen LogP contribution in [0.3, 0.4) is 0 Å². The van der Waals surface area contributed by atoms with E-state index < -0.39 is 11.9 Å². The number of aromatic nitrogens is 5. The highest BCUT2D eigenvalue weighted by atomic mass is 19.4. The second-order valence-electron chi connectivity index (χ2n) is 9.82. The summed E-state index contributed by atoms with van der Waals surface area (Å²) in [5.41, 5.74) is 1.78. The van der Waals surface area contributed by atoms with Crippen molar-refractivity contribution in [1.82, 2.24) is 30.2 Å². The van der Waals surface area contributed by atoms with Crippen LogP contribution < -0.4 is 10.2 Å². The molecule has 35 heavy (non-hydrogen) atoms. The predicted molar refractivity (Wildman–Crippen MR) is 126 cm³/mol. The summed E-state index contributed by atoms with van der Waals surface area (Å²) in [6.45, 7) is 1.92. The van der Waals surface area contributed by atoms with Crippen LogP contribution in [0.25, 0.3) is 33.3 Å². The first kappa shape index (κ1) is 21.0. The maximum absolute atomic E-state index is 13.4. The van der Waals surface area contributed by atoms with Crippen LogP contribution in [0.5, 0.6) is 0 Å². The minimum atomic E-state index is -4.49. The third-order valence-electron chi connectivity index (χ3n) is 7.61. The number of rotatable bonds is 3. The van der Waals surface area contributed by atoms with E-state index in [-0.39, 0.29) is 5.65 Å². The van der Waals surface area contributed by atoms with E-state index in [0.717, 1.165) is 68.0 Å². The maximum Gasteiger partial charge on any atom is 0.431 e. The summed E-state index contributed by atoms with van der Waals surface area (Å²) < 4.78 is 40.2. The lowest BCUT2D eigenvalue weighted by molar-refractivity contribution is -0.140. The van der Waals surface area contributed by atoms with Crippen LogP contribution >= 0.6 is 0 Å². The van der Waals surface area contributed by atoms with Gasteiger partial charge in [-0.15, -0.1) is 0 Å². The molecule has 180 valence electrons. The molecule has 3 aliphatic rings. The largest absolute Gasteiger partial charge is 0.431 e. The summed E-state index contributed by atoms with van der Waals surface area (Å²) in [7, 11) is 0. The standard InChI is InChI=1S/C25H24F3N7/c26-25(27,28)20-10-15-14(5-8-31-22(15)33-20)23-32-18-12-29-11-16(13-3-4-13)21(18)24(34-23)35-9-6-17-19(35)2-1-7-30-17/h5,8,10-13,17,19,30H,1-4,6-7,9H2,(H,31,33)/t17-,19-/m1/s1. The van der Waals surface area contributed by atoms with Crippen molar-refractivity contribution in [2.45, 2.75) is 56.3 Å². The number of alkyl halides is 3. The van der Waals surface area contributed by atoms with Crippen LogP contribution in [0.15, 0.2) is 30.7 Å². The Morgan fingerprint density at radius 1 is 1.06 bits per heavy atom. The number of hydrogen-bond acceptors (Lipinski definition) is 6. The van der Waals surface area contributed by atoms with Crippen molar-refractivity contribution >= 4 is 27.8 Å². The molecule has 2 aliphatic heterocycles. The SMILES string of the molecule is FC(F)(F)c1cc2c(-c3nc(N4CC[C@H]5NCCC[C@H]54)c4c(C5CC5)cncc4n3)ccnc2[nH]1. The van der Waals surface area contributed by atoms with Crippen molar-refractivity contribution in [2.75, 3.05) is 18.0 Å². The van der Waals surface area contributed by atoms with Crippen LogP contribution in [0.2, 0.25) is 0 Å². The fraction of sp³-hybridized carbons (Fsp3) is 0.440. The van der Waals surface area contributed by atoms with Gasteiger partial charge in [0.15, 0.2) is 5.82 Å². The van der Waals surface area contributed by atoms with Gasteiger partial charge < -0.3 is 15.2 Å². The molecule has 7 rings (SSSR count). The minimum Gasteiger partial charge on any atom is -0.351 e. The zero-order chi connectivity index (χ0) is 23.7. The molecular formula is C25H24F3N7. The Morgan fingerprint density at radius 2 is 1.94 bits per heavy atom. The summed E-state index contributed by atoms with van der Waals surface area (Å²) in [6.07, 6.45) is 6.20. The quantitative estimate of drug-likeness (QED) is 0.440. The fourth-order valence-corrected chi connectivity index (χ4v) is 5.81. The molecule has 2 N–H and O–H groups in total. The number of halogens is 3. The normalized spacial score (nSPS) is 22.8. The first-order chi connectivity index (χ1) is 17.0. The summed E-state index contributed by atoms with van der Waals surface area (Å²) in [5, 5.41) is 5.04. The molecule has 0 aromatic carbocycles. The number of fused-ring (bicyclic) bond motifs is 3. The number of aromatic amines is 1. The lowest BCUT2D eigenvalue weighted by atomic mass is 9.99. The Balaban J connectivity index is 1.45. The lowest BCUT2D eigenvalue weighted by Gasteiger charge is -2.34. The number of pyridine rings is 2. The van der Waals surface area contributed by atoms with E-state index in [9.17, 15) is 13.2 Å². The topological polar surface area (TPSA) is 82.6 Å². The van der Waals surface area contributed by atoms with E-state index in [4.69, 9.17) is 9.97 Å². The summed E-state index contributed by atoms with van der Waals surface area (Å²) in [4.78, 5) is 23.3. The van der Waals surface area contributed by atoms with E-state index in [1.165, 1.54) is 11.8 Å². The van der Waals surface area contributed by atoms with Gasteiger partial charge in [-0.25, -0.2) is 15.0 Å². The van der Waals surface area contributed by atoms with Gasteiger partial charge in [-0.3, -0.25) is 4.98 Å². The molecule has 1 aliphatic carbocycles. The molecule has 3 fully saturated rings. The van der Waals surface area contributed by atoms with Gasteiger partial charge in [-0.05, 0) is 62.3 Å². The second-order valence-corrected chi connectivity index (χ2v) is 9.82. The average molecular weight is 480 g/mol. The number of anilines is 1. The molecule has 2 saturated heterocycles. The number of H-pyrrole nitrogens is 1. The number of piperidine rings is 1. The molecule has 0 radical (unpaired) electrons. The summed E-state index contributed by atoms with van der Waals surface area (Å²) in [5.74, 6) is 1.74. The minimum absolute atomic E-state index is 0.169. The van der Waals surface area contributed by atoms with E-state index in [1.807, 2.05) is 6.20 Å². The Labute approximate surface area is 199 Å². The Kier molecular flexibility index (Phi) is 4.58. The molecule has 1 saturated carbocycles. The van der Waals surface area contributed by atoms with Crippen molar-refractivity contribution in [3.8, 4) is 11.4 Å². The summed E-state index contributed by atoms with van der Waals surface area (Å²) >= 11 is 0. The molecule has 0 amide bonds. The molecule has 0 spiro atoms. The number of nitrogens with zero attached hydrogens (tertiary/aromatic N) is 5. The van der Waals surface area contributed by atoms with Crippen molar-refractivity contribution in [3.63, 3.8) is 0 Å². The molecule has 4 aromatic rings. The Bertz CT molecular complexity index is 1440. The molecule has 4 aromatic heterocycles. The van der Waals surface area contributed by atoms with E-state index in [2.05, 4.69) is 25.2 Å². The first-order valence-corrected chi connectivity index (χ1v) is 12.2. The zero-order valence-corrected chi connectivity index (χ0v) is 18.9. The van der Waals surface area contributed by atoms with E-state index >= 15 is 0 Å². The molecule has 0 unspecified atom stereocenters. The lowest BCUT2D eigenvalue weighted by Crippen LogP contribution is -2.47. The van der Waals surface area contributed by atoms with Crippen molar-refractivity contribution in [3.05, 3.63) is 42.0 Å². The van der Waals surface area contributed by atoms with Gasteiger partial charge in [0.05, 0.1) is 11.7 Å². The predicted octanol–water partition coefficient (Wildman–Crippen LogP) is 4.80. The molecule has 10 heteroatoms. The van der Waals surface area contributed by atoms with Crippen molar-refractivity contribution in [2.24, 2.45) is 0 Å². The highest BCUT2D eigenvalue weighted by molar-refractivity contribution is 5.97. The van der Waals surface area contributed by atoms with Gasteiger partial charge in [-0.2, -0.15) is 13.2 Å². The van der Waals surface area contributed by atoms with Crippen LogP contribution in [0.1, 0.15) is 49.3 Å². The van der Waals surface area contributed by atoms with Crippen LogP contribution in [-0.2, 0) is 6.18 Å². The smallest absolute Gasteiger partial charge is 0.351 e.